The summed E-state index contributed by atoms with van der Waals surface area (Å²) in [5.74, 6) is -1.33. The topological polar surface area (TPSA) is 75.4 Å². The van der Waals surface area contributed by atoms with Crippen molar-refractivity contribution in [2.75, 3.05) is 0 Å². The Morgan fingerprint density at radius 3 is 2.63 bits per heavy atom. The van der Waals surface area contributed by atoms with Gasteiger partial charge in [0.05, 0.1) is 5.56 Å². The van der Waals surface area contributed by atoms with E-state index in [1.165, 1.54) is 23.7 Å². The minimum atomic E-state index is -4.57. The molecule has 2 N–H and O–H groups in total. The summed E-state index contributed by atoms with van der Waals surface area (Å²) >= 11 is 0. The van der Waals surface area contributed by atoms with Crippen LogP contribution in [0, 0.1) is 0 Å². The summed E-state index contributed by atoms with van der Waals surface area (Å²) in [6.07, 6.45) is -3.71. The highest BCUT2D eigenvalue weighted by atomic mass is 19.4. The van der Waals surface area contributed by atoms with Crippen LogP contribution in [0.1, 0.15) is 16.1 Å². The average Bonchev–Trinajstić information content (AvgIpc) is 2.86. The summed E-state index contributed by atoms with van der Waals surface area (Å²) < 4.78 is 43.2. The average molecular weight is 272 g/mol. The number of oxazole rings is 1. The first-order valence-corrected chi connectivity index (χ1v) is 5.00. The summed E-state index contributed by atoms with van der Waals surface area (Å²) in [7, 11) is 0. The monoisotopic (exact) mass is 272 g/mol. The van der Waals surface area contributed by atoms with Crippen molar-refractivity contribution >= 4 is 5.91 Å². The molecule has 8 heteroatoms. The summed E-state index contributed by atoms with van der Waals surface area (Å²) in [6.45, 7) is 0. The van der Waals surface area contributed by atoms with Gasteiger partial charge in [0.15, 0.2) is 5.69 Å². The van der Waals surface area contributed by atoms with Crippen molar-refractivity contribution in [3.63, 3.8) is 0 Å². The smallest absolute Gasteiger partial charge is 0.417 e. The molecule has 0 atom stereocenters. The molecule has 0 fully saturated rings. The SMILES string of the molecule is O=C(NO)c1coc(-c2ccccc2C(F)(F)F)n1. The zero-order valence-corrected chi connectivity index (χ0v) is 9.23. The number of carbonyl (C=O) groups is 1. The Kier molecular flexibility index (Phi) is 3.26. The van der Waals surface area contributed by atoms with Gasteiger partial charge in [-0.1, -0.05) is 12.1 Å². The second kappa shape index (κ2) is 4.73. The number of halogens is 3. The summed E-state index contributed by atoms with van der Waals surface area (Å²) in [5.41, 5.74) is -0.226. The third kappa shape index (κ3) is 2.58. The highest BCUT2D eigenvalue weighted by Crippen LogP contribution is 2.36. The van der Waals surface area contributed by atoms with E-state index in [9.17, 15) is 18.0 Å². The first-order chi connectivity index (χ1) is 8.93. The van der Waals surface area contributed by atoms with Crippen molar-refractivity contribution in [1.82, 2.24) is 10.5 Å². The van der Waals surface area contributed by atoms with Gasteiger partial charge in [-0.25, -0.2) is 10.5 Å². The molecule has 0 radical (unpaired) electrons. The zero-order chi connectivity index (χ0) is 14.0. The van der Waals surface area contributed by atoms with Gasteiger partial charge in [0, 0.05) is 5.56 Å². The Morgan fingerprint density at radius 2 is 2.00 bits per heavy atom. The second-order valence-electron chi connectivity index (χ2n) is 3.52. The van der Waals surface area contributed by atoms with Crippen LogP contribution < -0.4 is 5.48 Å². The van der Waals surface area contributed by atoms with Crippen molar-refractivity contribution in [2.45, 2.75) is 6.18 Å². The molecule has 5 nitrogen and oxygen atoms in total. The van der Waals surface area contributed by atoms with Gasteiger partial charge in [-0.05, 0) is 12.1 Å². The molecule has 100 valence electrons. The standard InChI is InChI=1S/C11H7F3N2O3/c12-11(13,14)7-4-2-1-3-6(7)10-15-8(5-19-10)9(17)16-18/h1-5,18H,(H,16,17). The minimum absolute atomic E-state index is 0.285. The third-order valence-corrected chi connectivity index (χ3v) is 2.30. The summed E-state index contributed by atoms with van der Waals surface area (Å²) in [5, 5.41) is 8.39. The number of rotatable bonds is 2. The van der Waals surface area contributed by atoms with Crippen LogP contribution in [0.5, 0.6) is 0 Å². The first-order valence-electron chi connectivity index (χ1n) is 5.00. The molecule has 0 aliphatic carbocycles. The largest absolute Gasteiger partial charge is 0.444 e. The molecule has 1 aromatic heterocycles. The van der Waals surface area contributed by atoms with Crippen LogP contribution in [0.15, 0.2) is 34.9 Å². The molecular formula is C11H7F3N2O3. The molecule has 0 bridgehead atoms. The van der Waals surface area contributed by atoms with Gasteiger partial charge in [0.25, 0.3) is 5.91 Å². The first kappa shape index (κ1) is 13.1. The fraction of sp³-hybridized carbons (Fsp3) is 0.0909. The molecule has 0 spiro atoms. The molecular weight excluding hydrogens is 265 g/mol. The predicted octanol–water partition coefficient (Wildman–Crippen LogP) is 2.48. The molecule has 1 aromatic carbocycles. The van der Waals surface area contributed by atoms with Crippen molar-refractivity contribution < 1.29 is 27.6 Å². The number of hydroxylamine groups is 1. The van der Waals surface area contributed by atoms with Crippen LogP contribution >= 0.6 is 0 Å². The quantitative estimate of drug-likeness (QED) is 0.650. The highest BCUT2D eigenvalue weighted by molar-refractivity contribution is 5.91. The Labute approximate surface area is 104 Å². The van der Waals surface area contributed by atoms with Gasteiger partial charge >= 0.3 is 6.18 Å². The maximum atomic E-state index is 12.8. The maximum Gasteiger partial charge on any atom is 0.417 e. The number of alkyl halides is 3. The van der Waals surface area contributed by atoms with E-state index in [2.05, 4.69) is 4.98 Å². The number of benzene rings is 1. The van der Waals surface area contributed by atoms with Gasteiger partial charge in [-0.2, -0.15) is 13.2 Å². The van der Waals surface area contributed by atoms with E-state index in [0.29, 0.717) is 0 Å². The fourth-order valence-electron chi connectivity index (χ4n) is 1.48. The molecule has 0 saturated heterocycles. The lowest BCUT2D eigenvalue weighted by molar-refractivity contribution is -0.137. The lowest BCUT2D eigenvalue weighted by Crippen LogP contribution is -2.18. The van der Waals surface area contributed by atoms with Crippen LogP contribution in [0.25, 0.3) is 11.5 Å². The Morgan fingerprint density at radius 1 is 1.32 bits per heavy atom. The summed E-state index contributed by atoms with van der Waals surface area (Å²) in [6, 6.07) is 4.68. The third-order valence-electron chi connectivity index (χ3n) is 2.30. The number of amides is 1. The van der Waals surface area contributed by atoms with E-state index in [1.54, 1.807) is 0 Å². The van der Waals surface area contributed by atoms with Crippen molar-refractivity contribution in [2.24, 2.45) is 0 Å². The number of hydrogen-bond acceptors (Lipinski definition) is 4. The number of hydrogen-bond donors (Lipinski definition) is 2. The van der Waals surface area contributed by atoms with Gasteiger partial charge in [0.1, 0.15) is 6.26 Å². The normalized spacial score (nSPS) is 11.4. The molecule has 2 rings (SSSR count). The van der Waals surface area contributed by atoms with E-state index in [1.807, 2.05) is 0 Å². The van der Waals surface area contributed by atoms with E-state index >= 15 is 0 Å². The van der Waals surface area contributed by atoms with E-state index < -0.39 is 17.6 Å². The molecule has 1 heterocycles. The van der Waals surface area contributed by atoms with Gasteiger partial charge in [-0.3, -0.25) is 10.0 Å². The maximum absolute atomic E-state index is 12.8. The Hall–Kier alpha value is -2.35. The van der Waals surface area contributed by atoms with Crippen molar-refractivity contribution in [1.29, 1.82) is 0 Å². The lowest BCUT2D eigenvalue weighted by Gasteiger charge is -2.09. The van der Waals surface area contributed by atoms with E-state index in [0.717, 1.165) is 12.3 Å². The summed E-state index contributed by atoms with van der Waals surface area (Å²) in [4.78, 5) is 14.6. The molecule has 0 unspecified atom stereocenters. The van der Waals surface area contributed by atoms with E-state index in [-0.39, 0.29) is 17.1 Å². The number of nitrogens with one attached hydrogen (secondary N) is 1. The molecule has 19 heavy (non-hydrogen) atoms. The van der Waals surface area contributed by atoms with Gasteiger partial charge < -0.3 is 4.42 Å². The van der Waals surface area contributed by atoms with Crippen LogP contribution in [0.4, 0.5) is 13.2 Å². The number of carbonyl (C=O) groups excluding carboxylic acids is 1. The molecule has 2 aromatic rings. The predicted molar refractivity (Wildman–Crippen MR) is 56.2 cm³/mol. The molecule has 0 aliphatic heterocycles. The Bertz CT molecular complexity index is 607. The van der Waals surface area contributed by atoms with Crippen LogP contribution in [-0.2, 0) is 6.18 Å². The molecule has 0 aliphatic rings. The molecule has 1 amide bonds. The highest BCUT2D eigenvalue weighted by Gasteiger charge is 2.34. The fourth-order valence-corrected chi connectivity index (χ4v) is 1.48. The molecule has 0 saturated carbocycles. The van der Waals surface area contributed by atoms with Crippen molar-refractivity contribution in [3.8, 4) is 11.5 Å². The number of aromatic nitrogens is 1. The van der Waals surface area contributed by atoms with E-state index in [4.69, 9.17) is 9.62 Å². The van der Waals surface area contributed by atoms with Gasteiger partial charge in [-0.15, -0.1) is 0 Å². The lowest BCUT2D eigenvalue weighted by atomic mass is 10.1. The van der Waals surface area contributed by atoms with Crippen LogP contribution in [0.2, 0.25) is 0 Å². The minimum Gasteiger partial charge on any atom is -0.444 e. The Balaban J connectivity index is 2.48. The van der Waals surface area contributed by atoms with Crippen LogP contribution in [0.3, 0.4) is 0 Å². The number of nitrogens with zero attached hydrogens (tertiary/aromatic N) is 1. The van der Waals surface area contributed by atoms with Crippen molar-refractivity contribution in [3.05, 3.63) is 41.8 Å². The van der Waals surface area contributed by atoms with Gasteiger partial charge in [0.2, 0.25) is 5.89 Å². The van der Waals surface area contributed by atoms with Crippen LogP contribution in [-0.4, -0.2) is 16.1 Å². The zero-order valence-electron chi connectivity index (χ0n) is 9.23. The second-order valence-corrected chi connectivity index (χ2v) is 3.52.